The molecule has 0 saturated carbocycles. The molecule has 0 bridgehead atoms. The van der Waals surface area contributed by atoms with Gasteiger partial charge in [0.1, 0.15) is 6.23 Å². The molecule has 2 rings (SSSR count). The number of nitrogens with one attached hydrogen (secondary N) is 1. The zero-order valence-corrected chi connectivity index (χ0v) is 21.0. The van der Waals surface area contributed by atoms with E-state index in [-0.39, 0.29) is 18.4 Å². The molecule has 0 spiro atoms. The van der Waals surface area contributed by atoms with Crippen molar-refractivity contribution < 1.29 is 51.9 Å². The minimum Gasteiger partial charge on any atom is -0.431 e. The number of rotatable bonds is 10. The van der Waals surface area contributed by atoms with Gasteiger partial charge in [-0.15, -0.1) is 0 Å². The van der Waals surface area contributed by atoms with E-state index in [4.69, 9.17) is 28.2 Å². The zero-order chi connectivity index (χ0) is 26.3. The average Bonchev–Trinajstić information content (AvgIpc) is 3.21. The Morgan fingerprint density at radius 2 is 1.71 bits per heavy atom. The maximum atomic E-state index is 13.2. The SMILES string of the molecule is COP(=O)(OOC(=O)OC(C)C)C(OC(=O)OC(C)C)O[C@H]1CC[C@@H](n2cc(C)c(=O)[nH]c2=O)O1. The van der Waals surface area contributed by atoms with Gasteiger partial charge in [0, 0.05) is 25.3 Å². The first-order valence-corrected chi connectivity index (χ1v) is 12.2. The summed E-state index contributed by atoms with van der Waals surface area (Å²) in [6.07, 6.45) is -4.09. The standard InChI is InChI=1S/C19H29N2O13P/c1-10(2)28-17(24)32-19(35(26,27-6)34-33-18(25)29-11(3)4)31-14-8-7-13(30-14)21-9-12(5)15(22)20-16(21)23/h9-11,13-14,19H,7-8H2,1-6H3,(H,20,22,23)/t13-,14-,19?,35?/m0/s1. The molecular formula is C19H29N2O13P. The number of hydrogen-bond donors (Lipinski definition) is 1. The monoisotopic (exact) mass is 524 g/mol. The van der Waals surface area contributed by atoms with Gasteiger partial charge in [0.05, 0.1) is 12.2 Å². The number of aromatic nitrogens is 2. The summed E-state index contributed by atoms with van der Waals surface area (Å²) < 4.78 is 49.5. The summed E-state index contributed by atoms with van der Waals surface area (Å²) in [5.74, 6) is 0. The number of ether oxygens (including phenoxy) is 5. The van der Waals surface area contributed by atoms with Gasteiger partial charge in [-0.2, -0.15) is 0 Å². The first-order valence-electron chi connectivity index (χ1n) is 10.6. The van der Waals surface area contributed by atoms with Crippen molar-refractivity contribution in [3.63, 3.8) is 0 Å². The molecule has 1 aliphatic rings. The van der Waals surface area contributed by atoms with Crippen LogP contribution in [-0.4, -0.2) is 53.5 Å². The third kappa shape index (κ3) is 8.18. The van der Waals surface area contributed by atoms with Gasteiger partial charge in [-0.1, -0.05) is 4.67 Å². The molecule has 0 amide bonds. The summed E-state index contributed by atoms with van der Waals surface area (Å²) in [6.45, 7) is 7.68. The van der Waals surface area contributed by atoms with Gasteiger partial charge in [-0.25, -0.2) is 18.9 Å². The Balaban J connectivity index is 2.19. The van der Waals surface area contributed by atoms with Gasteiger partial charge in [0.15, 0.2) is 6.29 Å². The first-order chi connectivity index (χ1) is 16.3. The zero-order valence-electron chi connectivity index (χ0n) is 20.1. The van der Waals surface area contributed by atoms with Crippen LogP contribution in [-0.2, 0) is 42.3 Å². The quantitative estimate of drug-likeness (QED) is 0.155. The molecule has 0 radical (unpaired) electrons. The lowest BCUT2D eigenvalue weighted by atomic mass is 10.3. The van der Waals surface area contributed by atoms with Crippen molar-refractivity contribution in [1.82, 2.24) is 9.55 Å². The van der Waals surface area contributed by atoms with Crippen LogP contribution in [0.1, 0.15) is 52.3 Å². The summed E-state index contributed by atoms with van der Waals surface area (Å²) in [5, 5.41) is 0. The lowest BCUT2D eigenvalue weighted by Crippen LogP contribution is -2.34. The molecule has 1 N–H and O–H groups in total. The highest BCUT2D eigenvalue weighted by atomic mass is 31.2. The number of aryl methyl sites for hydroxylation is 1. The lowest BCUT2D eigenvalue weighted by molar-refractivity contribution is -0.231. The molecule has 198 valence electrons. The molecule has 1 aliphatic heterocycles. The molecule has 4 atom stereocenters. The van der Waals surface area contributed by atoms with Crippen LogP contribution >= 0.6 is 7.60 Å². The van der Waals surface area contributed by atoms with Gasteiger partial charge in [-0.05, 0) is 41.0 Å². The van der Waals surface area contributed by atoms with E-state index < -0.39 is 61.9 Å². The maximum Gasteiger partial charge on any atom is 0.541 e. The van der Waals surface area contributed by atoms with Crippen LogP contribution < -0.4 is 11.2 Å². The number of hydrogen-bond acceptors (Lipinski definition) is 13. The molecular weight excluding hydrogens is 495 g/mol. The smallest absolute Gasteiger partial charge is 0.431 e. The van der Waals surface area contributed by atoms with Crippen LogP contribution in [0.4, 0.5) is 9.59 Å². The van der Waals surface area contributed by atoms with Crippen molar-refractivity contribution >= 4 is 19.9 Å². The fourth-order valence-corrected chi connectivity index (χ4v) is 3.71. The number of H-pyrrole nitrogens is 1. The van der Waals surface area contributed by atoms with Gasteiger partial charge in [0.2, 0.25) is 0 Å². The largest absolute Gasteiger partial charge is 0.541 e. The minimum absolute atomic E-state index is 0.147. The molecule has 35 heavy (non-hydrogen) atoms. The van der Waals surface area contributed by atoms with Crippen LogP contribution in [0, 0.1) is 6.92 Å². The average molecular weight is 524 g/mol. The van der Waals surface area contributed by atoms with E-state index in [0.29, 0.717) is 0 Å². The number of carbonyl (C=O) groups is 2. The Bertz CT molecular complexity index is 1050. The number of carbonyl (C=O) groups excluding carboxylic acids is 2. The highest BCUT2D eigenvalue weighted by Gasteiger charge is 2.46. The molecule has 1 fully saturated rings. The van der Waals surface area contributed by atoms with Gasteiger partial charge in [0.25, 0.3) is 5.56 Å². The normalized spacial score (nSPS) is 20.3. The Labute approximate surface area is 199 Å². The van der Waals surface area contributed by atoms with Gasteiger partial charge < -0.3 is 28.2 Å². The molecule has 16 heteroatoms. The van der Waals surface area contributed by atoms with Crippen molar-refractivity contribution in [3.8, 4) is 0 Å². The van der Waals surface area contributed by atoms with Gasteiger partial charge >= 0.3 is 31.6 Å². The van der Waals surface area contributed by atoms with E-state index in [2.05, 4.69) is 14.5 Å². The Hall–Kier alpha value is -2.71. The van der Waals surface area contributed by atoms with Crippen molar-refractivity contribution in [2.75, 3.05) is 7.11 Å². The predicted molar refractivity (Wildman–Crippen MR) is 115 cm³/mol. The lowest BCUT2D eigenvalue weighted by Gasteiger charge is -2.26. The molecule has 0 aliphatic carbocycles. The van der Waals surface area contributed by atoms with E-state index in [9.17, 15) is 23.7 Å². The number of aromatic amines is 1. The van der Waals surface area contributed by atoms with Crippen molar-refractivity contribution in [1.29, 1.82) is 0 Å². The van der Waals surface area contributed by atoms with Crippen molar-refractivity contribution in [3.05, 3.63) is 32.6 Å². The third-order valence-corrected chi connectivity index (χ3v) is 5.80. The van der Waals surface area contributed by atoms with Crippen molar-refractivity contribution in [2.24, 2.45) is 0 Å². The summed E-state index contributed by atoms with van der Waals surface area (Å²) in [6, 6.07) is -2.09. The second-order valence-electron chi connectivity index (χ2n) is 7.85. The third-order valence-electron chi connectivity index (χ3n) is 4.27. The second-order valence-corrected chi connectivity index (χ2v) is 9.87. The van der Waals surface area contributed by atoms with Crippen LogP contribution in [0.2, 0.25) is 0 Å². The summed E-state index contributed by atoms with van der Waals surface area (Å²) in [5.41, 5.74) is -0.969. The summed E-state index contributed by atoms with van der Waals surface area (Å²) in [4.78, 5) is 54.0. The molecule has 1 saturated heterocycles. The summed E-state index contributed by atoms with van der Waals surface area (Å²) >= 11 is 0. The molecule has 15 nitrogen and oxygen atoms in total. The molecule has 0 aromatic carbocycles. The molecule has 1 aromatic heterocycles. The highest BCUT2D eigenvalue weighted by Crippen LogP contribution is 2.54. The topological polar surface area (TPSA) is 180 Å². The van der Waals surface area contributed by atoms with Crippen molar-refractivity contribution in [2.45, 2.75) is 78.2 Å². The molecule has 2 unspecified atom stereocenters. The van der Waals surface area contributed by atoms with Crippen LogP contribution in [0.25, 0.3) is 0 Å². The number of nitrogens with zero attached hydrogens (tertiary/aromatic N) is 1. The highest BCUT2D eigenvalue weighted by molar-refractivity contribution is 7.54. The Kier molecular flexibility index (Phi) is 10.0. The van der Waals surface area contributed by atoms with E-state index in [1.54, 1.807) is 13.8 Å². The van der Waals surface area contributed by atoms with E-state index in [0.717, 1.165) is 11.7 Å². The maximum absolute atomic E-state index is 13.2. The summed E-state index contributed by atoms with van der Waals surface area (Å²) in [7, 11) is -3.70. The fourth-order valence-electron chi connectivity index (χ4n) is 2.74. The van der Waals surface area contributed by atoms with Crippen LogP contribution in [0.3, 0.4) is 0 Å². The van der Waals surface area contributed by atoms with E-state index in [1.807, 2.05) is 0 Å². The van der Waals surface area contributed by atoms with Crippen LogP contribution in [0.15, 0.2) is 15.8 Å². The Morgan fingerprint density at radius 3 is 2.31 bits per heavy atom. The molecule has 1 aromatic rings. The molecule has 2 heterocycles. The minimum atomic E-state index is -4.64. The first kappa shape index (κ1) is 28.5. The second kappa shape index (κ2) is 12.3. The fraction of sp³-hybridized carbons (Fsp3) is 0.684. The van der Waals surface area contributed by atoms with Crippen LogP contribution in [0.5, 0.6) is 0 Å². The van der Waals surface area contributed by atoms with E-state index >= 15 is 0 Å². The predicted octanol–water partition coefficient (Wildman–Crippen LogP) is 2.67. The van der Waals surface area contributed by atoms with E-state index in [1.165, 1.54) is 27.0 Å². The Morgan fingerprint density at radius 1 is 1.09 bits per heavy atom. The van der Waals surface area contributed by atoms with Gasteiger partial charge in [-0.3, -0.25) is 19.2 Å².